The number of benzene rings is 1. The number of hydrogen-bond acceptors (Lipinski definition) is 7. The second kappa shape index (κ2) is 9.39. The third-order valence-electron chi connectivity index (χ3n) is 6.95. The average molecular weight is 479 g/mol. The van der Waals surface area contributed by atoms with Gasteiger partial charge in [-0.05, 0) is 70.1 Å². The molecule has 2 heterocycles. The van der Waals surface area contributed by atoms with Crippen LogP contribution in [0.3, 0.4) is 0 Å². The number of nitrogens with one attached hydrogen (secondary N) is 2. The Morgan fingerprint density at radius 1 is 1.09 bits per heavy atom. The van der Waals surface area contributed by atoms with Crippen molar-refractivity contribution in [3.05, 3.63) is 60.2 Å². The van der Waals surface area contributed by atoms with Crippen LogP contribution in [0.5, 0.6) is 0 Å². The van der Waals surface area contributed by atoms with Crippen LogP contribution in [0, 0.1) is 11.7 Å². The monoisotopic (exact) mass is 478 g/mol. The van der Waals surface area contributed by atoms with Gasteiger partial charge in [-0.25, -0.2) is 14.4 Å². The molecule has 0 aliphatic heterocycles. The van der Waals surface area contributed by atoms with Gasteiger partial charge in [-0.3, -0.25) is 4.57 Å². The number of aliphatic hydroxyl groups is 2. The van der Waals surface area contributed by atoms with Gasteiger partial charge in [-0.2, -0.15) is 4.98 Å². The molecule has 35 heavy (non-hydrogen) atoms. The lowest BCUT2D eigenvalue weighted by Gasteiger charge is -2.36. The first kappa shape index (κ1) is 23.4. The van der Waals surface area contributed by atoms with Gasteiger partial charge in [-0.1, -0.05) is 24.3 Å². The molecule has 8 nitrogen and oxygen atoms in total. The standard InChI is InChI=1S/C26H31FN6O2/c1-26(2,35)16-7-11-18(12-8-16)33-23-22(31-25(33)30-21-6-4-3-5-20(21)27)15-28-24(32-23)29-17-9-13-19(34)14-10-17/h3-6,9-10,13,15-16,18-19,34-35H,7-8,11-12,14H2,1-2H3,(H,30,31)(H,28,29,32)/t16-,18+,19-/m0/s1. The molecule has 1 aromatic carbocycles. The normalized spacial score (nSPS) is 22.8. The highest BCUT2D eigenvalue weighted by Gasteiger charge is 2.33. The fourth-order valence-corrected chi connectivity index (χ4v) is 4.94. The molecule has 184 valence electrons. The van der Waals surface area contributed by atoms with Crippen LogP contribution < -0.4 is 10.6 Å². The molecule has 1 atom stereocenters. The molecule has 2 aliphatic rings. The largest absolute Gasteiger partial charge is 0.390 e. The number of rotatable bonds is 6. The molecule has 0 radical (unpaired) electrons. The van der Waals surface area contributed by atoms with Crippen molar-refractivity contribution in [2.75, 3.05) is 10.6 Å². The fraction of sp³-hybridized carbons (Fsp3) is 0.423. The minimum atomic E-state index is -0.718. The Bertz CT molecular complexity index is 1270. The summed E-state index contributed by atoms with van der Waals surface area (Å²) in [5, 5.41) is 26.5. The molecule has 0 bridgehead atoms. The highest BCUT2D eigenvalue weighted by Crippen LogP contribution is 2.40. The Balaban J connectivity index is 1.50. The van der Waals surface area contributed by atoms with Crippen molar-refractivity contribution in [2.45, 2.75) is 63.7 Å². The predicted octanol–water partition coefficient (Wildman–Crippen LogP) is 4.83. The van der Waals surface area contributed by atoms with E-state index in [9.17, 15) is 14.6 Å². The van der Waals surface area contributed by atoms with E-state index in [1.54, 1.807) is 30.5 Å². The first-order valence-electron chi connectivity index (χ1n) is 12.1. The van der Waals surface area contributed by atoms with Gasteiger partial charge in [0.1, 0.15) is 11.3 Å². The number of aromatic nitrogens is 4. The third kappa shape index (κ3) is 5.06. The van der Waals surface area contributed by atoms with Crippen molar-refractivity contribution in [1.29, 1.82) is 0 Å². The summed E-state index contributed by atoms with van der Waals surface area (Å²) in [6.45, 7) is 3.74. The first-order chi connectivity index (χ1) is 16.8. The van der Waals surface area contributed by atoms with Gasteiger partial charge < -0.3 is 20.8 Å². The number of fused-ring (bicyclic) bond motifs is 1. The number of anilines is 3. The Morgan fingerprint density at radius 2 is 1.86 bits per heavy atom. The van der Waals surface area contributed by atoms with Crippen molar-refractivity contribution in [3.8, 4) is 0 Å². The van der Waals surface area contributed by atoms with Crippen molar-refractivity contribution >= 4 is 28.7 Å². The maximum Gasteiger partial charge on any atom is 0.229 e. The van der Waals surface area contributed by atoms with Crippen LogP contribution in [0.4, 0.5) is 22.0 Å². The molecule has 2 aliphatic carbocycles. The summed E-state index contributed by atoms with van der Waals surface area (Å²) in [5.41, 5.74) is 1.72. The maximum atomic E-state index is 14.4. The molecule has 0 unspecified atom stereocenters. The number of nitrogens with zero attached hydrogens (tertiary/aromatic N) is 4. The average Bonchev–Trinajstić information content (AvgIpc) is 3.19. The van der Waals surface area contributed by atoms with E-state index < -0.39 is 11.7 Å². The predicted molar refractivity (Wildman–Crippen MR) is 134 cm³/mol. The summed E-state index contributed by atoms with van der Waals surface area (Å²) in [6.07, 6.45) is 10.6. The molecule has 0 spiro atoms. The van der Waals surface area contributed by atoms with Crippen molar-refractivity contribution in [3.63, 3.8) is 0 Å². The minimum absolute atomic E-state index is 0.0968. The van der Waals surface area contributed by atoms with Crippen LogP contribution in [-0.2, 0) is 0 Å². The molecule has 3 aromatic rings. The van der Waals surface area contributed by atoms with E-state index in [0.717, 1.165) is 31.4 Å². The highest BCUT2D eigenvalue weighted by molar-refractivity contribution is 5.77. The lowest BCUT2D eigenvalue weighted by Crippen LogP contribution is -2.34. The molecule has 9 heteroatoms. The molecule has 0 amide bonds. The number of para-hydroxylation sites is 1. The van der Waals surface area contributed by atoms with E-state index in [1.165, 1.54) is 6.07 Å². The van der Waals surface area contributed by atoms with Crippen molar-refractivity contribution in [2.24, 2.45) is 5.92 Å². The quantitative estimate of drug-likeness (QED) is 0.402. The zero-order valence-electron chi connectivity index (χ0n) is 19.9. The Morgan fingerprint density at radius 3 is 2.54 bits per heavy atom. The fourth-order valence-electron chi connectivity index (χ4n) is 4.94. The Hall–Kier alpha value is -3.30. The number of aliphatic hydroxyl groups excluding tert-OH is 1. The Labute approximate surface area is 203 Å². The van der Waals surface area contributed by atoms with E-state index >= 15 is 0 Å². The number of allylic oxidation sites excluding steroid dienone is 1. The second-order valence-corrected chi connectivity index (χ2v) is 9.92. The summed E-state index contributed by atoms with van der Waals surface area (Å²) >= 11 is 0. The summed E-state index contributed by atoms with van der Waals surface area (Å²) < 4.78 is 16.5. The smallest absolute Gasteiger partial charge is 0.229 e. The maximum absolute atomic E-state index is 14.4. The van der Waals surface area contributed by atoms with E-state index in [-0.39, 0.29) is 17.8 Å². The Kier molecular flexibility index (Phi) is 6.29. The third-order valence-corrected chi connectivity index (χ3v) is 6.95. The minimum Gasteiger partial charge on any atom is -0.390 e. The van der Waals surface area contributed by atoms with E-state index in [0.29, 0.717) is 35.2 Å². The van der Waals surface area contributed by atoms with Gasteiger partial charge in [0.15, 0.2) is 5.65 Å². The molecule has 1 fully saturated rings. The van der Waals surface area contributed by atoms with Crippen LogP contribution in [0.15, 0.2) is 54.4 Å². The van der Waals surface area contributed by atoms with Gasteiger partial charge in [0.25, 0.3) is 0 Å². The summed E-state index contributed by atoms with van der Waals surface area (Å²) in [5.74, 6) is 0.809. The lowest BCUT2D eigenvalue weighted by molar-refractivity contribution is -0.00457. The molecule has 5 rings (SSSR count). The summed E-state index contributed by atoms with van der Waals surface area (Å²) in [4.78, 5) is 13.9. The van der Waals surface area contributed by atoms with Crippen LogP contribution in [0.2, 0.25) is 0 Å². The zero-order valence-corrected chi connectivity index (χ0v) is 19.9. The van der Waals surface area contributed by atoms with Gasteiger partial charge in [-0.15, -0.1) is 0 Å². The SMILES string of the molecule is CC(C)(O)[C@H]1CC[C@@H](n2c(Nc3ccccc3F)nc3cnc(NC4=CC[C@@H](O)C=C4)nc32)CC1. The van der Waals surface area contributed by atoms with E-state index in [4.69, 9.17) is 9.97 Å². The highest BCUT2D eigenvalue weighted by atomic mass is 19.1. The van der Waals surface area contributed by atoms with Gasteiger partial charge in [0.05, 0.1) is 23.6 Å². The van der Waals surface area contributed by atoms with Crippen LogP contribution in [0.1, 0.15) is 52.0 Å². The van der Waals surface area contributed by atoms with Gasteiger partial charge in [0, 0.05) is 11.7 Å². The molecule has 4 N–H and O–H groups in total. The summed E-state index contributed by atoms with van der Waals surface area (Å²) in [6, 6.07) is 6.61. The zero-order chi connectivity index (χ0) is 24.6. The molecule has 2 aromatic heterocycles. The van der Waals surface area contributed by atoms with Crippen LogP contribution in [-0.4, -0.2) is 41.4 Å². The second-order valence-electron chi connectivity index (χ2n) is 9.92. The van der Waals surface area contributed by atoms with Gasteiger partial charge >= 0.3 is 0 Å². The van der Waals surface area contributed by atoms with Crippen molar-refractivity contribution < 1.29 is 14.6 Å². The first-order valence-corrected chi connectivity index (χ1v) is 12.1. The number of halogens is 1. The van der Waals surface area contributed by atoms with E-state index in [1.807, 2.05) is 30.6 Å². The molecular formula is C26H31FN6O2. The topological polar surface area (TPSA) is 108 Å². The number of hydrogen-bond donors (Lipinski definition) is 4. The van der Waals surface area contributed by atoms with Crippen molar-refractivity contribution in [1.82, 2.24) is 19.5 Å². The van der Waals surface area contributed by atoms with E-state index in [2.05, 4.69) is 15.6 Å². The number of imidazole rings is 1. The summed E-state index contributed by atoms with van der Waals surface area (Å²) in [7, 11) is 0. The molecule has 0 saturated heterocycles. The van der Waals surface area contributed by atoms with Gasteiger partial charge in [0.2, 0.25) is 11.9 Å². The van der Waals surface area contributed by atoms with Crippen LogP contribution >= 0.6 is 0 Å². The molecule has 1 saturated carbocycles. The molecular weight excluding hydrogens is 447 g/mol. The lowest BCUT2D eigenvalue weighted by atomic mass is 9.77. The van der Waals surface area contributed by atoms with Crippen LogP contribution in [0.25, 0.3) is 11.2 Å².